The number of fused-ring (bicyclic) bond motifs is 2. The van der Waals surface area contributed by atoms with Crippen molar-refractivity contribution in [1.82, 2.24) is 0 Å². The Morgan fingerprint density at radius 3 is 1.15 bits per heavy atom. The first kappa shape index (κ1) is 25.0. The summed E-state index contributed by atoms with van der Waals surface area (Å²) in [5.41, 5.74) is 5.43. The molecule has 180 valence electrons. The lowest BCUT2D eigenvalue weighted by molar-refractivity contribution is -0.158. The summed E-state index contributed by atoms with van der Waals surface area (Å²) in [5, 5.41) is 0. The highest BCUT2D eigenvalue weighted by atomic mass is 35.5. The zero-order valence-corrected chi connectivity index (χ0v) is 20.2. The van der Waals surface area contributed by atoms with Crippen molar-refractivity contribution in [2.24, 2.45) is 23.7 Å². The summed E-state index contributed by atoms with van der Waals surface area (Å²) in [6.45, 7) is 1.94. The van der Waals surface area contributed by atoms with Crippen LogP contribution in [0.1, 0.15) is 33.4 Å². The van der Waals surface area contributed by atoms with Crippen LogP contribution in [0.25, 0.3) is 0 Å². The van der Waals surface area contributed by atoms with Crippen molar-refractivity contribution < 1.29 is 38.1 Å². The molecule has 2 aliphatic carbocycles. The zero-order valence-electron chi connectivity index (χ0n) is 19.5. The van der Waals surface area contributed by atoms with Crippen LogP contribution in [0.2, 0.25) is 0 Å². The fourth-order valence-corrected chi connectivity index (χ4v) is 5.76. The van der Waals surface area contributed by atoms with Crippen LogP contribution in [0, 0.1) is 30.6 Å². The van der Waals surface area contributed by atoms with Crippen molar-refractivity contribution in [3.63, 3.8) is 0 Å². The van der Waals surface area contributed by atoms with Crippen LogP contribution in [0.5, 0.6) is 0 Å². The third-order valence-electron chi connectivity index (χ3n) is 7.18. The molecule has 0 bridgehead atoms. The molecule has 1 aromatic rings. The summed E-state index contributed by atoms with van der Waals surface area (Å²) in [4.78, 5) is 50.1. The Morgan fingerprint density at radius 1 is 0.636 bits per heavy atom. The van der Waals surface area contributed by atoms with Gasteiger partial charge in [0.15, 0.2) is 0 Å². The largest absolute Gasteiger partial charge is 0.469 e. The van der Waals surface area contributed by atoms with Gasteiger partial charge in [0.2, 0.25) is 0 Å². The molecule has 0 amide bonds. The molecule has 4 atom stereocenters. The SMILES string of the molecule is COC(=O)[C@H]1Cc2c(c(C)c3c(c2CCl)C[C@@H](C(=O)OC)[C@H](C(=O)OC)C3)C[C@H]1C(=O)OC. The van der Waals surface area contributed by atoms with Gasteiger partial charge in [-0.05, 0) is 66.0 Å². The van der Waals surface area contributed by atoms with Crippen molar-refractivity contribution >= 4 is 35.5 Å². The normalized spacial score (nSPS) is 23.6. The van der Waals surface area contributed by atoms with Gasteiger partial charge in [-0.1, -0.05) is 0 Å². The Bertz CT molecular complexity index is 912. The van der Waals surface area contributed by atoms with E-state index in [2.05, 4.69) is 0 Å². The van der Waals surface area contributed by atoms with E-state index in [1.165, 1.54) is 28.4 Å². The number of methoxy groups -OCH3 is 4. The van der Waals surface area contributed by atoms with Gasteiger partial charge in [0.25, 0.3) is 0 Å². The summed E-state index contributed by atoms with van der Waals surface area (Å²) in [6.07, 6.45) is 1.16. The number of carbonyl (C=O) groups is 4. The zero-order chi connectivity index (χ0) is 24.4. The van der Waals surface area contributed by atoms with E-state index in [0.29, 0.717) is 12.8 Å². The number of rotatable bonds is 5. The Hall–Kier alpha value is -2.61. The number of hydrogen-bond donors (Lipinski definition) is 0. The van der Waals surface area contributed by atoms with Gasteiger partial charge in [-0.3, -0.25) is 19.2 Å². The van der Waals surface area contributed by atoms with E-state index in [9.17, 15) is 19.2 Å². The first-order valence-corrected chi connectivity index (χ1v) is 11.3. The summed E-state index contributed by atoms with van der Waals surface area (Å²) in [6, 6.07) is 0. The molecule has 0 unspecified atom stereocenters. The first-order chi connectivity index (χ1) is 15.7. The second kappa shape index (κ2) is 10.1. The van der Waals surface area contributed by atoms with Gasteiger partial charge in [0, 0.05) is 5.88 Å². The monoisotopic (exact) mass is 480 g/mol. The molecule has 0 fully saturated rings. The van der Waals surface area contributed by atoms with E-state index in [-0.39, 0.29) is 18.7 Å². The highest BCUT2D eigenvalue weighted by Crippen LogP contribution is 2.44. The highest BCUT2D eigenvalue weighted by molar-refractivity contribution is 6.17. The number of esters is 4. The van der Waals surface area contributed by atoms with E-state index < -0.39 is 47.5 Å². The summed E-state index contributed by atoms with van der Waals surface area (Å²) < 4.78 is 19.9. The molecule has 0 heterocycles. The predicted octanol–water partition coefficient (Wildman–Crippen LogP) is 2.09. The van der Waals surface area contributed by atoms with Crippen molar-refractivity contribution in [1.29, 1.82) is 0 Å². The molecule has 1 aromatic carbocycles. The summed E-state index contributed by atoms with van der Waals surface area (Å²) >= 11 is 6.41. The minimum Gasteiger partial charge on any atom is -0.469 e. The van der Waals surface area contributed by atoms with Crippen molar-refractivity contribution in [3.8, 4) is 0 Å². The lowest BCUT2D eigenvalue weighted by Gasteiger charge is -2.37. The number of alkyl halides is 1. The Morgan fingerprint density at radius 2 is 0.909 bits per heavy atom. The van der Waals surface area contributed by atoms with Gasteiger partial charge in [-0.25, -0.2) is 0 Å². The molecule has 0 saturated carbocycles. The molecular weight excluding hydrogens is 452 g/mol. The van der Waals surface area contributed by atoms with Gasteiger partial charge in [0.1, 0.15) is 0 Å². The third kappa shape index (κ3) is 4.33. The number of hydrogen-bond acceptors (Lipinski definition) is 8. The lowest BCUT2D eigenvalue weighted by atomic mass is 9.67. The van der Waals surface area contributed by atoms with E-state index in [0.717, 1.165) is 33.4 Å². The number of halogens is 1. The fourth-order valence-electron chi connectivity index (χ4n) is 5.43. The van der Waals surface area contributed by atoms with Crippen molar-refractivity contribution in [2.75, 3.05) is 28.4 Å². The van der Waals surface area contributed by atoms with Crippen LogP contribution < -0.4 is 0 Å². The predicted molar refractivity (Wildman–Crippen MR) is 118 cm³/mol. The molecule has 9 heteroatoms. The number of benzene rings is 1. The smallest absolute Gasteiger partial charge is 0.309 e. The van der Waals surface area contributed by atoms with Crippen LogP contribution in [-0.2, 0) is 69.7 Å². The molecule has 0 saturated heterocycles. The van der Waals surface area contributed by atoms with Gasteiger partial charge < -0.3 is 18.9 Å². The van der Waals surface area contributed by atoms with Crippen LogP contribution in [0.15, 0.2) is 0 Å². The van der Waals surface area contributed by atoms with E-state index >= 15 is 0 Å². The third-order valence-corrected chi connectivity index (χ3v) is 7.45. The van der Waals surface area contributed by atoms with Gasteiger partial charge in [-0.15, -0.1) is 11.6 Å². The fraction of sp³-hybridized carbons (Fsp3) is 0.583. The molecule has 0 aliphatic heterocycles. The minimum atomic E-state index is -0.697. The lowest BCUT2D eigenvalue weighted by Crippen LogP contribution is -2.41. The van der Waals surface area contributed by atoms with Gasteiger partial charge >= 0.3 is 23.9 Å². The first-order valence-electron chi connectivity index (χ1n) is 10.8. The molecular formula is C24H29ClO8. The molecule has 8 nitrogen and oxygen atoms in total. The second-order valence-electron chi connectivity index (χ2n) is 8.49. The molecule has 0 N–H and O–H groups in total. The van der Waals surface area contributed by atoms with Crippen molar-refractivity contribution in [2.45, 2.75) is 38.5 Å². The molecule has 2 aliphatic rings. The number of ether oxygens (including phenoxy) is 4. The van der Waals surface area contributed by atoms with Gasteiger partial charge in [-0.2, -0.15) is 0 Å². The maximum atomic E-state index is 12.5. The van der Waals surface area contributed by atoms with E-state index in [1.807, 2.05) is 6.92 Å². The van der Waals surface area contributed by atoms with Crippen molar-refractivity contribution in [3.05, 3.63) is 33.4 Å². The summed E-state index contributed by atoms with van der Waals surface area (Å²) in [5.74, 6) is -4.50. The minimum absolute atomic E-state index is 0.165. The standard InChI is InChI=1S/C24H29ClO8/c1-11-12-6-16(21(26)30-2)18(23(28)32-4)8-14(12)20(10-25)15-9-19(24(29)33-5)17(7-13(11)15)22(27)31-3/h16-19H,6-10H2,1-5H3/t16-,17-,18-,19+/m1/s1. The summed E-state index contributed by atoms with van der Waals surface area (Å²) in [7, 11) is 5.18. The molecule has 0 aromatic heterocycles. The van der Waals surface area contributed by atoms with Gasteiger partial charge in [0.05, 0.1) is 52.1 Å². The van der Waals surface area contributed by atoms with Crippen LogP contribution in [0.3, 0.4) is 0 Å². The van der Waals surface area contributed by atoms with E-state index in [4.69, 9.17) is 30.5 Å². The maximum absolute atomic E-state index is 12.5. The van der Waals surface area contributed by atoms with E-state index in [1.54, 1.807) is 0 Å². The number of carbonyl (C=O) groups excluding carboxylic acids is 4. The van der Waals surface area contributed by atoms with Crippen LogP contribution >= 0.6 is 11.6 Å². The van der Waals surface area contributed by atoms with Crippen LogP contribution in [-0.4, -0.2) is 52.3 Å². The molecule has 0 radical (unpaired) electrons. The highest BCUT2D eigenvalue weighted by Gasteiger charge is 2.45. The Balaban J connectivity index is 2.19. The maximum Gasteiger partial charge on any atom is 0.309 e. The van der Waals surface area contributed by atoms with Crippen LogP contribution in [0.4, 0.5) is 0 Å². The molecule has 3 rings (SSSR count). The molecule has 33 heavy (non-hydrogen) atoms. The quantitative estimate of drug-likeness (QED) is 0.358. The Kier molecular flexibility index (Phi) is 7.67. The average Bonchev–Trinajstić information content (AvgIpc) is 2.85. The average molecular weight is 481 g/mol. The second-order valence-corrected chi connectivity index (χ2v) is 8.75. The topological polar surface area (TPSA) is 105 Å². The Labute approximate surface area is 197 Å². The molecule has 0 spiro atoms.